The van der Waals surface area contributed by atoms with Crippen LogP contribution in [-0.4, -0.2) is 28.4 Å². The molecule has 1 aliphatic heterocycles. The molecule has 1 saturated heterocycles. The number of ether oxygens (including phenoxy) is 2. The number of nitro benzene ring substituents is 1. The fraction of sp³-hybridized carbons (Fsp3) is 0.200. The lowest BCUT2D eigenvalue weighted by Gasteiger charge is -2.17. The van der Waals surface area contributed by atoms with Crippen LogP contribution in [-0.2, 0) is 24.4 Å². The molecular formula is C30H29N3O6. The molecule has 0 aromatic heterocycles. The van der Waals surface area contributed by atoms with Crippen molar-refractivity contribution in [2.45, 2.75) is 33.4 Å². The van der Waals surface area contributed by atoms with E-state index in [9.17, 15) is 19.7 Å². The molecule has 1 aliphatic rings. The number of hydrogen-bond acceptors (Lipinski definition) is 6. The summed E-state index contributed by atoms with van der Waals surface area (Å²) in [6.07, 6.45) is 3.77. The number of imide groups is 1. The molecule has 3 aromatic carbocycles. The first-order valence-electron chi connectivity index (χ1n) is 12.5. The molecule has 0 radical (unpaired) electrons. The van der Waals surface area contributed by atoms with Gasteiger partial charge in [-0.3, -0.25) is 19.8 Å². The summed E-state index contributed by atoms with van der Waals surface area (Å²) in [5.74, 6) is 0.506. The van der Waals surface area contributed by atoms with Gasteiger partial charge in [0.05, 0.1) is 18.1 Å². The summed E-state index contributed by atoms with van der Waals surface area (Å²) in [5.41, 5.74) is 4.06. The fourth-order valence-corrected chi connectivity index (χ4v) is 4.29. The van der Waals surface area contributed by atoms with Crippen LogP contribution in [0.25, 0.3) is 6.08 Å². The molecule has 0 atom stereocenters. The molecule has 9 heteroatoms. The van der Waals surface area contributed by atoms with E-state index >= 15 is 0 Å². The number of nitrogens with one attached hydrogen (secondary N) is 1. The number of amides is 3. The van der Waals surface area contributed by atoms with Crippen molar-refractivity contribution in [1.29, 1.82) is 0 Å². The molecule has 200 valence electrons. The number of benzene rings is 3. The Balaban J connectivity index is 1.61. The molecule has 0 bridgehead atoms. The van der Waals surface area contributed by atoms with Gasteiger partial charge in [-0.2, -0.15) is 0 Å². The van der Waals surface area contributed by atoms with Gasteiger partial charge in [0, 0.05) is 17.7 Å². The second-order valence-corrected chi connectivity index (χ2v) is 9.02. The van der Waals surface area contributed by atoms with E-state index in [0.717, 1.165) is 16.7 Å². The third-order valence-corrected chi connectivity index (χ3v) is 6.02. The Kier molecular flexibility index (Phi) is 8.40. The number of carbonyl (C=O) groups is 2. The van der Waals surface area contributed by atoms with Gasteiger partial charge in [0.15, 0.2) is 11.5 Å². The highest BCUT2D eigenvalue weighted by Crippen LogP contribution is 2.36. The van der Waals surface area contributed by atoms with Gasteiger partial charge in [-0.15, -0.1) is 6.58 Å². The van der Waals surface area contributed by atoms with Crippen molar-refractivity contribution in [3.05, 3.63) is 117 Å². The summed E-state index contributed by atoms with van der Waals surface area (Å²) in [7, 11) is 0. The van der Waals surface area contributed by atoms with Gasteiger partial charge < -0.3 is 14.8 Å². The number of carbonyl (C=O) groups excluding carboxylic acids is 2. The highest BCUT2D eigenvalue weighted by atomic mass is 16.6. The van der Waals surface area contributed by atoms with E-state index in [-0.39, 0.29) is 24.5 Å². The minimum atomic E-state index is -0.485. The Bertz CT molecular complexity index is 1460. The lowest BCUT2D eigenvalue weighted by Crippen LogP contribution is -2.30. The van der Waals surface area contributed by atoms with Gasteiger partial charge >= 0.3 is 6.03 Å². The molecule has 0 unspecified atom stereocenters. The predicted octanol–water partition coefficient (Wildman–Crippen LogP) is 5.70. The van der Waals surface area contributed by atoms with E-state index in [0.29, 0.717) is 35.7 Å². The number of allylic oxidation sites excluding steroid dienone is 1. The average molecular weight is 528 g/mol. The number of nitro groups is 1. The molecule has 39 heavy (non-hydrogen) atoms. The van der Waals surface area contributed by atoms with Crippen molar-refractivity contribution in [3.8, 4) is 11.5 Å². The first-order chi connectivity index (χ1) is 18.8. The summed E-state index contributed by atoms with van der Waals surface area (Å²) in [5, 5.41) is 13.8. The molecule has 0 saturated carbocycles. The predicted molar refractivity (Wildman–Crippen MR) is 147 cm³/mol. The summed E-state index contributed by atoms with van der Waals surface area (Å²) in [4.78, 5) is 37.5. The number of urea groups is 1. The first-order valence-corrected chi connectivity index (χ1v) is 12.5. The van der Waals surface area contributed by atoms with E-state index in [2.05, 4.69) is 11.9 Å². The van der Waals surface area contributed by atoms with E-state index in [4.69, 9.17) is 9.47 Å². The van der Waals surface area contributed by atoms with Gasteiger partial charge in [0.2, 0.25) is 0 Å². The van der Waals surface area contributed by atoms with Crippen LogP contribution in [0.5, 0.6) is 11.5 Å². The van der Waals surface area contributed by atoms with Gasteiger partial charge in [0.25, 0.3) is 11.6 Å². The molecule has 9 nitrogen and oxygen atoms in total. The monoisotopic (exact) mass is 527 g/mol. The Morgan fingerprint density at radius 2 is 1.82 bits per heavy atom. The first kappa shape index (κ1) is 27.1. The zero-order valence-electron chi connectivity index (χ0n) is 21.8. The summed E-state index contributed by atoms with van der Waals surface area (Å²) < 4.78 is 11.9. The average Bonchev–Trinajstić information content (AvgIpc) is 3.16. The van der Waals surface area contributed by atoms with Crippen LogP contribution < -0.4 is 14.8 Å². The molecule has 1 heterocycles. The maximum atomic E-state index is 13.1. The van der Waals surface area contributed by atoms with Crippen LogP contribution in [0.3, 0.4) is 0 Å². The number of nitrogens with zero attached hydrogens (tertiary/aromatic N) is 2. The second-order valence-electron chi connectivity index (χ2n) is 9.02. The molecular weight excluding hydrogens is 498 g/mol. The van der Waals surface area contributed by atoms with Gasteiger partial charge in [-0.25, -0.2) is 4.79 Å². The van der Waals surface area contributed by atoms with E-state index in [1.807, 2.05) is 44.2 Å². The molecule has 1 fully saturated rings. The second kappa shape index (κ2) is 12.1. The van der Waals surface area contributed by atoms with Crippen molar-refractivity contribution in [2.24, 2.45) is 0 Å². The van der Waals surface area contributed by atoms with Gasteiger partial charge in [-0.05, 0) is 55.2 Å². The Labute approximate surface area is 226 Å². The van der Waals surface area contributed by atoms with Crippen molar-refractivity contribution in [1.82, 2.24) is 10.2 Å². The zero-order chi connectivity index (χ0) is 27.9. The molecule has 4 rings (SSSR count). The van der Waals surface area contributed by atoms with Gasteiger partial charge in [-0.1, -0.05) is 48.0 Å². The molecule has 0 aliphatic carbocycles. The third kappa shape index (κ3) is 6.51. The van der Waals surface area contributed by atoms with E-state index in [1.165, 1.54) is 17.0 Å². The minimum absolute atomic E-state index is 0.0193. The lowest BCUT2D eigenvalue weighted by molar-refractivity contribution is -0.384. The number of aryl methyl sites for hydroxylation is 1. The minimum Gasteiger partial charge on any atom is -0.490 e. The zero-order valence-corrected chi connectivity index (χ0v) is 21.8. The topological polar surface area (TPSA) is 111 Å². The van der Waals surface area contributed by atoms with E-state index in [1.54, 1.807) is 30.4 Å². The van der Waals surface area contributed by atoms with Crippen molar-refractivity contribution < 1.29 is 24.0 Å². The third-order valence-electron chi connectivity index (χ3n) is 6.02. The smallest absolute Gasteiger partial charge is 0.329 e. The summed E-state index contributed by atoms with van der Waals surface area (Å²) in [6.45, 7) is 8.24. The van der Waals surface area contributed by atoms with Crippen molar-refractivity contribution in [3.63, 3.8) is 0 Å². The SMILES string of the molecule is C=CCc1cc(/C=C2/NC(=O)N(Cc3cccc(C)c3)C2=O)cc(OCC)c1OCc1cccc([N+](=O)[O-])c1. The maximum absolute atomic E-state index is 13.1. The standard InChI is InChI=1S/C30H29N3O6/c1-4-8-24-14-23(16-26-29(34)32(30(35)31-26)18-21-10-6-9-20(3)13-21)17-27(38-5-2)28(24)39-19-22-11-7-12-25(15-22)33(36)37/h4,6-7,9-17H,1,5,8,18-19H2,2-3H3,(H,31,35)/b26-16+. The Morgan fingerprint density at radius 3 is 2.54 bits per heavy atom. The highest BCUT2D eigenvalue weighted by Gasteiger charge is 2.33. The molecule has 3 aromatic rings. The van der Waals surface area contributed by atoms with Crippen molar-refractivity contribution in [2.75, 3.05) is 6.61 Å². The van der Waals surface area contributed by atoms with Gasteiger partial charge in [0.1, 0.15) is 12.3 Å². The maximum Gasteiger partial charge on any atom is 0.329 e. The van der Waals surface area contributed by atoms with Crippen LogP contribution in [0.15, 0.2) is 79.0 Å². The fourth-order valence-electron chi connectivity index (χ4n) is 4.29. The number of non-ortho nitro benzene ring substituents is 1. The molecule has 0 spiro atoms. The normalized spacial score (nSPS) is 13.9. The van der Waals surface area contributed by atoms with Crippen LogP contribution in [0.1, 0.15) is 34.7 Å². The Hall–Kier alpha value is -4.92. The summed E-state index contributed by atoms with van der Waals surface area (Å²) in [6, 6.07) is 17.0. The molecule has 1 N–H and O–H groups in total. The quantitative estimate of drug-likeness (QED) is 0.113. The van der Waals surface area contributed by atoms with Crippen LogP contribution >= 0.6 is 0 Å². The largest absolute Gasteiger partial charge is 0.490 e. The van der Waals surface area contributed by atoms with E-state index < -0.39 is 16.9 Å². The van der Waals surface area contributed by atoms with Crippen LogP contribution in [0.2, 0.25) is 0 Å². The van der Waals surface area contributed by atoms with Crippen molar-refractivity contribution >= 4 is 23.7 Å². The number of hydrogen-bond donors (Lipinski definition) is 1. The Morgan fingerprint density at radius 1 is 1.05 bits per heavy atom. The molecule has 3 amide bonds. The highest BCUT2D eigenvalue weighted by molar-refractivity contribution is 6.13. The number of rotatable bonds is 11. The lowest BCUT2D eigenvalue weighted by atomic mass is 10.0. The summed E-state index contributed by atoms with van der Waals surface area (Å²) >= 11 is 0. The van der Waals surface area contributed by atoms with Crippen LogP contribution in [0, 0.1) is 17.0 Å². The van der Waals surface area contributed by atoms with Crippen LogP contribution in [0.4, 0.5) is 10.5 Å².